The van der Waals surface area contributed by atoms with Crippen LogP contribution >= 0.6 is 11.6 Å². The van der Waals surface area contributed by atoms with E-state index in [-0.39, 0.29) is 23.5 Å². The average molecular weight is 666 g/mol. The van der Waals surface area contributed by atoms with Crippen molar-refractivity contribution in [3.05, 3.63) is 86.8 Å². The van der Waals surface area contributed by atoms with E-state index in [9.17, 15) is 34.3 Å². The summed E-state index contributed by atoms with van der Waals surface area (Å²) in [5.74, 6) is -2.25. The van der Waals surface area contributed by atoms with Crippen molar-refractivity contribution in [1.82, 2.24) is 9.88 Å². The van der Waals surface area contributed by atoms with Crippen LogP contribution in [0, 0.1) is 11.3 Å². The molecule has 0 bridgehead atoms. The number of aromatic nitrogens is 1. The summed E-state index contributed by atoms with van der Waals surface area (Å²) in [5, 5.41) is 21.7. The van der Waals surface area contributed by atoms with E-state index >= 15 is 0 Å². The molecule has 248 valence electrons. The first kappa shape index (κ1) is 36.3. The minimum atomic E-state index is -1.56. The van der Waals surface area contributed by atoms with Crippen molar-refractivity contribution in [2.24, 2.45) is 0 Å². The second kappa shape index (κ2) is 15.4. The minimum absolute atomic E-state index is 0.0610. The normalized spacial score (nSPS) is 13.0. The monoisotopic (exact) mass is 665 g/mol. The maximum atomic E-state index is 13.4. The number of carboxylic acid groups (broad SMARTS) is 1. The third-order valence-electron chi connectivity index (χ3n) is 7.02. The van der Waals surface area contributed by atoms with Gasteiger partial charge in [0.1, 0.15) is 17.5 Å². The fourth-order valence-electron chi connectivity index (χ4n) is 4.76. The molecular formula is C34H36ClN3O9. The summed E-state index contributed by atoms with van der Waals surface area (Å²) in [5.41, 5.74) is 0.403. The predicted octanol–water partition coefficient (Wildman–Crippen LogP) is 5.34. The number of esters is 1. The van der Waals surface area contributed by atoms with Crippen LogP contribution in [0.4, 0.5) is 4.79 Å². The highest BCUT2D eigenvalue weighted by Gasteiger charge is 2.32. The van der Waals surface area contributed by atoms with Gasteiger partial charge in [0.15, 0.2) is 11.8 Å². The number of nitrogens with one attached hydrogen (secondary N) is 1. The summed E-state index contributed by atoms with van der Waals surface area (Å²) in [7, 11) is 1.42. The first-order valence-electron chi connectivity index (χ1n) is 14.6. The molecule has 0 radical (unpaired) electrons. The van der Waals surface area contributed by atoms with E-state index in [0.717, 1.165) is 0 Å². The lowest BCUT2D eigenvalue weighted by atomic mass is 9.98. The number of pyridine rings is 1. The molecule has 3 atom stereocenters. The molecule has 0 saturated heterocycles. The van der Waals surface area contributed by atoms with E-state index in [1.807, 2.05) is 0 Å². The van der Waals surface area contributed by atoms with Crippen molar-refractivity contribution in [2.45, 2.75) is 71.2 Å². The average Bonchev–Trinajstić information content (AvgIpc) is 3.00. The molecule has 3 aromatic rings. The van der Waals surface area contributed by atoms with Gasteiger partial charge in [-0.25, -0.2) is 14.4 Å². The molecule has 3 rings (SSSR count). The number of rotatable bonds is 12. The van der Waals surface area contributed by atoms with Crippen molar-refractivity contribution in [1.29, 1.82) is 5.26 Å². The number of halogens is 1. The van der Waals surface area contributed by atoms with E-state index in [2.05, 4.69) is 11.4 Å². The molecule has 1 unspecified atom stereocenters. The van der Waals surface area contributed by atoms with E-state index in [1.165, 1.54) is 43.0 Å². The van der Waals surface area contributed by atoms with Crippen LogP contribution in [0.5, 0.6) is 5.75 Å². The summed E-state index contributed by atoms with van der Waals surface area (Å²) in [6.45, 7) is 7.95. The zero-order valence-electron chi connectivity index (χ0n) is 26.8. The SMILES string of the molecule is CCC(C(=O)Cc1ccc(C(=O)O[C@H](C)[C@H](NC(=O)OC(C)(C)C)C(=O)O)cc1)n1cc(OC)c(-c2cc(Cl)ccc2C#N)cc1=O. The molecule has 12 nitrogen and oxygen atoms in total. The molecule has 1 aromatic heterocycles. The van der Waals surface area contributed by atoms with Crippen molar-refractivity contribution >= 4 is 35.4 Å². The highest BCUT2D eigenvalue weighted by Crippen LogP contribution is 2.33. The van der Waals surface area contributed by atoms with Gasteiger partial charge in [0.25, 0.3) is 5.56 Å². The Morgan fingerprint density at radius 1 is 1.06 bits per heavy atom. The number of amides is 1. The number of carbonyl (C=O) groups is 4. The third kappa shape index (κ3) is 9.43. The maximum Gasteiger partial charge on any atom is 0.408 e. The van der Waals surface area contributed by atoms with Crippen LogP contribution in [0.25, 0.3) is 11.1 Å². The van der Waals surface area contributed by atoms with Gasteiger partial charge in [-0.2, -0.15) is 5.26 Å². The summed E-state index contributed by atoms with van der Waals surface area (Å²) >= 11 is 6.15. The fourth-order valence-corrected chi connectivity index (χ4v) is 4.93. The Bertz CT molecular complexity index is 1750. The number of nitriles is 1. The largest absolute Gasteiger partial charge is 0.495 e. The number of carbonyl (C=O) groups excluding carboxylic acids is 3. The number of Topliss-reactive ketones (excluding diaryl/α,β-unsaturated/α-hetero) is 1. The van der Waals surface area contributed by atoms with Crippen LogP contribution in [0.2, 0.25) is 5.02 Å². The van der Waals surface area contributed by atoms with Gasteiger partial charge < -0.3 is 29.2 Å². The Labute approximate surface area is 276 Å². The van der Waals surface area contributed by atoms with Gasteiger partial charge in [0.2, 0.25) is 0 Å². The smallest absolute Gasteiger partial charge is 0.408 e. The molecule has 1 heterocycles. The number of hydrogen-bond acceptors (Lipinski definition) is 9. The van der Waals surface area contributed by atoms with Crippen LogP contribution in [0.15, 0.2) is 59.5 Å². The van der Waals surface area contributed by atoms with Gasteiger partial charge in [-0.1, -0.05) is 30.7 Å². The van der Waals surface area contributed by atoms with Crippen LogP contribution in [0.1, 0.15) is 68.6 Å². The van der Waals surface area contributed by atoms with Gasteiger partial charge in [0, 0.05) is 28.6 Å². The van der Waals surface area contributed by atoms with Gasteiger partial charge in [-0.05, 0) is 70.0 Å². The van der Waals surface area contributed by atoms with Gasteiger partial charge >= 0.3 is 18.0 Å². The fraction of sp³-hybridized carbons (Fsp3) is 0.353. The second-order valence-corrected chi connectivity index (χ2v) is 12.1. The first-order chi connectivity index (χ1) is 22.1. The Kier molecular flexibility index (Phi) is 11.9. The molecule has 1 amide bonds. The number of nitrogens with zero attached hydrogens (tertiary/aromatic N) is 2. The molecule has 0 aliphatic carbocycles. The molecule has 2 N–H and O–H groups in total. The summed E-state index contributed by atoms with van der Waals surface area (Å²) in [6, 6.07) is 11.6. The summed E-state index contributed by atoms with van der Waals surface area (Å²) in [6.07, 6.45) is -0.543. The molecule has 0 fully saturated rings. The lowest BCUT2D eigenvalue weighted by Gasteiger charge is -2.24. The van der Waals surface area contributed by atoms with E-state index in [1.54, 1.807) is 58.0 Å². The van der Waals surface area contributed by atoms with Crippen LogP contribution in [-0.4, -0.2) is 58.3 Å². The zero-order valence-corrected chi connectivity index (χ0v) is 27.6. The Morgan fingerprint density at radius 2 is 1.72 bits per heavy atom. The number of hydrogen-bond donors (Lipinski definition) is 2. The van der Waals surface area contributed by atoms with Crippen molar-refractivity contribution in [3.8, 4) is 22.9 Å². The lowest BCUT2D eigenvalue weighted by Crippen LogP contribution is -2.50. The number of ketones is 1. The third-order valence-corrected chi connectivity index (χ3v) is 7.25. The molecule has 0 spiro atoms. The number of ether oxygens (including phenoxy) is 3. The predicted molar refractivity (Wildman–Crippen MR) is 173 cm³/mol. The number of aliphatic carboxylic acids is 1. The number of methoxy groups -OCH3 is 1. The van der Waals surface area contributed by atoms with Crippen LogP contribution in [-0.2, 0) is 25.5 Å². The molecule has 0 saturated carbocycles. The molecule has 2 aromatic carbocycles. The lowest BCUT2D eigenvalue weighted by molar-refractivity contribution is -0.142. The van der Waals surface area contributed by atoms with E-state index in [4.69, 9.17) is 25.8 Å². The Morgan fingerprint density at radius 3 is 2.28 bits per heavy atom. The highest BCUT2D eigenvalue weighted by molar-refractivity contribution is 6.31. The van der Waals surface area contributed by atoms with E-state index in [0.29, 0.717) is 33.7 Å². The van der Waals surface area contributed by atoms with Gasteiger partial charge in [0.05, 0.1) is 36.5 Å². The standard InChI is InChI=1S/C34H36ClN3O9/c1-7-26(38-18-28(45-6)25(16-29(38)40)24-15-23(35)13-12-22(24)17-36)27(39)14-20-8-10-21(11-9-20)32(43)46-19(2)30(31(41)42)37-33(44)47-34(3,4)5/h8-13,15-16,18-19,26,30H,7,14H2,1-6H3,(H,37,44)(H,41,42)/t19-,26?,30+/m1/s1. The summed E-state index contributed by atoms with van der Waals surface area (Å²) < 4.78 is 17.2. The van der Waals surface area contributed by atoms with Crippen LogP contribution in [0.3, 0.4) is 0 Å². The zero-order chi connectivity index (χ0) is 35.1. The molecule has 13 heteroatoms. The topological polar surface area (TPSA) is 174 Å². The molecular weight excluding hydrogens is 630 g/mol. The van der Waals surface area contributed by atoms with E-state index < -0.39 is 47.4 Å². The van der Waals surface area contributed by atoms with Crippen molar-refractivity contribution in [3.63, 3.8) is 0 Å². The summed E-state index contributed by atoms with van der Waals surface area (Å²) in [4.78, 5) is 63.2. The Balaban J connectivity index is 1.75. The molecule has 47 heavy (non-hydrogen) atoms. The molecule has 0 aliphatic rings. The van der Waals surface area contributed by atoms with Crippen LogP contribution < -0.4 is 15.6 Å². The number of carboxylic acids is 1. The number of alkyl carbamates (subject to hydrolysis) is 1. The van der Waals surface area contributed by atoms with Crippen molar-refractivity contribution < 1.29 is 38.5 Å². The minimum Gasteiger partial charge on any atom is -0.495 e. The molecule has 0 aliphatic heterocycles. The number of benzene rings is 2. The quantitative estimate of drug-likeness (QED) is 0.241. The highest BCUT2D eigenvalue weighted by atomic mass is 35.5. The van der Waals surface area contributed by atoms with Gasteiger partial charge in [-0.15, -0.1) is 0 Å². The van der Waals surface area contributed by atoms with Gasteiger partial charge in [-0.3, -0.25) is 9.59 Å². The maximum absolute atomic E-state index is 13.4. The van der Waals surface area contributed by atoms with Crippen molar-refractivity contribution in [2.75, 3.05) is 7.11 Å². The second-order valence-electron chi connectivity index (χ2n) is 11.6. The first-order valence-corrected chi connectivity index (χ1v) is 15.0. The Hall–Kier alpha value is -5.15.